The third kappa shape index (κ3) is 3.25. The molecule has 0 saturated heterocycles. The number of furan rings is 1. The van der Waals surface area contributed by atoms with Gasteiger partial charge in [0.05, 0.1) is 12.8 Å². The molecule has 3 nitrogen and oxygen atoms in total. The van der Waals surface area contributed by atoms with Crippen LogP contribution in [0.4, 0.5) is 0 Å². The first-order valence-electron chi connectivity index (χ1n) is 6.78. The zero-order valence-corrected chi connectivity index (χ0v) is 11.7. The minimum atomic E-state index is 0.233. The molecule has 1 heterocycles. The summed E-state index contributed by atoms with van der Waals surface area (Å²) in [5.41, 5.74) is 8.60. The van der Waals surface area contributed by atoms with Gasteiger partial charge in [-0.15, -0.1) is 0 Å². The van der Waals surface area contributed by atoms with Crippen molar-refractivity contribution in [3.63, 3.8) is 0 Å². The maximum absolute atomic E-state index is 6.01. The second-order valence-corrected chi connectivity index (χ2v) is 4.75. The molecule has 0 radical (unpaired) electrons. The fraction of sp³-hybridized carbons (Fsp3) is 0.375. The average Bonchev–Trinajstić information content (AvgIpc) is 2.93. The van der Waals surface area contributed by atoms with Gasteiger partial charge in [-0.05, 0) is 36.7 Å². The standard InChI is InChI=1S/C16H22N2O/c1-3-18(12-14-8-6-10-19-14)16(11-17)15-9-5-4-7-13(15)2/h4-10,16H,3,11-12,17H2,1-2H3. The highest BCUT2D eigenvalue weighted by Crippen LogP contribution is 2.24. The van der Waals surface area contributed by atoms with Crippen LogP contribution in [0.3, 0.4) is 0 Å². The van der Waals surface area contributed by atoms with E-state index >= 15 is 0 Å². The van der Waals surface area contributed by atoms with Gasteiger partial charge in [0.15, 0.2) is 0 Å². The number of likely N-dealkylation sites (N-methyl/N-ethyl adjacent to an activating group) is 1. The molecule has 0 amide bonds. The minimum absolute atomic E-state index is 0.233. The Labute approximate surface area is 115 Å². The zero-order chi connectivity index (χ0) is 13.7. The molecule has 1 atom stereocenters. The van der Waals surface area contributed by atoms with Crippen LogP contribution in [0.5, 0.6) is 0 Å². The molecule has 1 aromatic heterocycles. The topological polar surface area (TPSA) is 42.4 Å². The summed E-state index contributed by atoms with van der Waals surface area (Å²) in [4.78, 5) is 2.35. The molecule has 1 unspecified atom stereocenters. The van der Waals surface area contributed by atoms with E-state index in [1.165, 1.54) is 11.1 Å². The monoisotopic (exact) mass is 258 g/mol. The van der Waals surface area contributed by atoms with E-state index in [4.69, 9.17) is 10.2 Å². The van der Waals surface area contributed by atoms with Crippen LogP contribution in [-0.4, -0.2) is 18.0 Å². The van der Waals surface area contributed by atoms with Crippen LogP contribution in [0.2, 0.25) is 0 Å². The van der Waals surface area contributed by atoms with Crippen LogP contribution in [-0.2, 0) is 6.54 Å². The highest BCUT2D eigenvalue weighted by atomic mass is 16.3. The van der Waals surface area contributed by atoms with E-state index in [-0.39, 0.29) is 6.04 Å². The summed E-state index contributed by atoms with van der Waals surface area (Å²) in [6.07, 6.45) is 1.72. The normalized spacial score (nSPS) is 12.8. The molecule has 0 fully saturated rings. The number of aryl methyl sites for hydroxylation is 1. The van der Waals surface area contributed by atoms with E-state index < -0.39 is 0 Å². The van der Waals surface area contributed by atoms with Gasteiger partial charge in [0.25, 0.3) is 0 Å². The van der Waals surface area contributed by atoms with Gasteiger partial charge in [-0.25, -0.2) is 0 Å². The highest BCUT2D eigenvalue weighted by molar-refractivity contribution is 5.29. The Kier molecular flexibility index (Phi) is 4.77. The predicted octanol–water partition coefficient (Wildman–Crippen LogP) is 3.11. The molecule has 2 rings (SSSR count). The first-order valence-corrected chi connectivity index (χ1v) is 6.78. The molecule has 0 aliphatic heterocycles. The summed E-state index contributed by atoms with van der Waals surface area (Å²) < 4.78 is 5.44. The summed E-state index contributed by atoms with van der Waals surface area (Å²) in [6, 6.07) is 12.6. The quantitative estimate of drug-likeness (QED) is 0.865. The summed E-state index contributed by atoms with van der Waals surface area (Å²) in [6.45, 7) is 6.64. The lowest BCUT2D eigenvalue weighted by Crippen LogP contribution is -2.33. The lowest BCUT2D eigenvalue weighted by Gasteiger charge is -2.30. The molecule has 0 aliphatic rings. The van der Waals surface area contributed by atoms with Crippen molar-refractivity contribution in [3.8, 4) is 0 Å². The molecule has 0 spiro atoms. The van der Waals surface area contributed by atoms with Gasteiger partial charge in [-0.2, -0.15) is 0 Å². The van der Waals surface area contributed by atoms with E-state index in [2.05, 4.69) is 43.0 Å². The van der Waals surface area contributed by atoms with Crippen molar-refractivity contribution in [2.75, 3.05) is 13.1 Å². The van der Waals surface area contributed by atoms with Crippen molar-refractivity contribution in [1.29, 1.82) is 0 Å². The molecule has 2 N–H and O–H groups in total. The fourth-order valence-corrected chi connectivity index (χ4v) is 2.48. The van der Waals surface area contributed by atoms with E-state index in [1.54, 1.807) is 6.26 Å². The van der Waals surface area contributed by atoms with Crippen LogP contribution in [0, 0.1) is 6.92 Å². The van der Waals surface area contributed by atoms with Crippen LogP contribution in [0.15, 0.2) is 47.1 Å². The first-order chi connectivity index (χ1) is 9.26. The Morgan fingerprint density at radius 3 is 2.58 bits per heavy atom. The van der Waals surface area contributed by atoms with Gasteiger partial charge in [0.2, 0.25) is 0 Å². The van der Waals surface area contributed by atoms with Crippen molar-refractivity contribution < 1.29 is 4.42 Å². The maximum Gasteiger partial charge on any atom is 0.117 e. The first kappa shape index (κ1) is 13.8. The van der Waals surface area contributed by atoms with Crippen LogP contribution >= 0.6 is 0 Å². The summed E-state index contributed by atoms with van der Waals surface area (Å²) in [7, 11) is 0. The zero-order valence-electron chi connectivity index (χ0n) is 11.7. The lowest BCUT2D eigenvalue weighted by atomic mass is 10.00. The van der Waals surface area contributed by atoms with E-state index in [0.29, 0.717) is 6.54 Å². The molecule has 102 valence electrons. The largest absolute Gasteiger partial charge is 0.468 e. The van der Waals surface area contributed by atoms with Gasteiger partial charge in [-0.1, -0.05) is 31.2 Å². The molecule has 0 aliphatic carbocycles. The van der Waals surface area contributed by atoms with E-state index in [9.17, 15) is 0 Å². The number of hydrogen-bond acceptors (Lipinski definition) is 3. The number of nitrogens with two attached hydrogens (primary N) is 1. The second-order valence-electron chi connectivity index (χ2n) is 4.75. The van der Waals surface area contributed by atoms with Crippen molar-refractivity contribution in [3.05, 3.63) is 59.5 Å². The van der Waals surface area contributed by atoms with E-state index in [0.717, 1.165) is 18.8 Å². The van der Waals surface area contributed by atoms with Crippen LogP contribution < -0.4 is 5.73 Å². The smallest absolute Gasteiger partial charge is 0.117 e. The SMILES string of the molecule is CCN(Cc1ccco1)C(CN)c1ccccc1C. The molecular formula is C16H22N2O. The van der Waals surface area contributed by atoms with Gasteiger partial charge in [0.1, 0.15) is 5.76 Å². The van der Waals surface area contributed by atoms with Crippen molar-refractivity contribution in [2.45, 2.75) is 26.4 Å². The van der Waals surface area contributed by atoms with Gasteiger partial charge in [-0.3, -0.25) is 4.90 Å². The fourth-order valence-electron chi connectivity index (χ4n) is 2.48. The van der Waals surface area contributed by atoms with Crippen LogP contribution in [0.25, 0.3) is 0 Å². The van der Waals surface area contributed by atoms with Crippen molar-refractivity contribution in [2.24, 2.45) is 5.73 Å². The number of benzene rings is 1. The highest BCUT2D eigenvalue weighted by Gasteiger charge is 2.20. The second kappa shape index (κ2) is 6.55. The Morgan fingerprint density at radius 1 is 1.21 bits per heavy atom. The summed E-state index contributed by atoms with van der Waals surface area (Å²) >= 11 is 0. The molecule has 2 aromatic rings. The molecule has 0 bridgehead atoms. The lowest BCUT2D eigenvalue weighted by molar-refractivity contribution is 0.187. The molecule has 3 heteroatoms. The van der Waals surface area contributed by atoms with Gasteiger partial charge >= 0.3 is 0 Å². The molecular weight excluding hydrogens is 236 g/mol. The summed E-state index contributed by atoms with van der Waals surface area (Å²) in [5.74, 6) is 0.980. The molecule has 19 heavy (non-hydrogen) atoms. The Hall–Kier alpha value is -1.58. The van der Waals surface area contributed by atoms with E-state index in [1.807, 2.05) is 12.1 Å². The third-order valence-corrected chi connectivity index (χ3v) is 3.56. The Bertz CT molecular complexity index is 493. The maximum atomic E-state index is 6.01. The minimum Gasteiger partial charge on any atom is -0.468 e. The van der Waals surface area contributed by atoms with Gasteiger partial charge in [0, 0.05) is 12.6 Å². The molecule has 1 aromatic carbocycles. The Balaban J connectivity index is 2.21. The molecule has 0 saturated carbocycles. The average molecular weight is 258 g/mol. The van der Waals surface area contributed by atoms with Gasteiger partial charge < -0.3 is 10.2 Å². The number of rotatable bonds is 6. The number of hydrogen-bond donors (Lipinski definition) is 1. The van der Waals surface area contributed by atoms with Crippen molar-refractivity contribution in [1.82, 2.24) is 4.90 Å². The third-order valence-electron chi connectivity index (χ3n) is 3.56. The predicted molar refractivity (Wildman–Crippen MR) is 77.8 cm³/mol. The van der Waals surface area contributed by atoms with Crippen molar-refractivity contribution >= 4 is 0 Å². The number of nitrogens with zero attached hydrogens (tertiary/aromatic N) is 1. The Morgan fingerprint density at radius 2 is 2.00 bits per heavy atom. The summed E-state index contributed by atoms with van der Waals surface area (Å²) in [5, 5.41) is 0. The van der Waals surface area contributed by atoms with Crippen LogP contribution in [0.1, 0.15) is 29.9 Å².